The van der Waals surface area contributed by atoms with Crippen molar-refractivity contribution in [3.05, 3.63) is 78.1 Å². The van der Waals surface area contributed by atoms with Crippen molar-refractivity contribution in [2.45, 2.75) is 13.2 Å². The molecule has 0 amide bonds. The lowest BCUT2D eigenvalue weighted by Gasteiger charge is -2.08. The Bertz CT molecular complexity index is 677. The Hall–Kier alpha value is -2.23. The fourth-order valence-corrected chi connectivity index (χ4v) is 2.18. The van der Waals surface area contributed by atoms with Crippen molar-refractivity contribution in [3.8, 4) is 0 Å². The number of pyridine rings is 1. The first kappa shape index (κ1) is 12.8. The topological polar surface area (TPSA) is 34.1 Å². The van der Waals surface area contributed by atoms with Crippen molar-refractivity contribution in [1.82, 2.24) is 10.5 Å². The average molecular weight is 264 g/mol. The number of nitrogens with zero attached hydrogens (tertiary/aromatic N) is 1. The molecule has 0 radical (unpaired) electrons. The average Bonchev–Trinajstić information content (AvgIpc) is 2.53. The maximum atomic E-state index is 5.51. The normalized spacial score (nSPS) is 10.8. The first-order chi connectivity index (χ1) is 9.93. The number of fused-ring (bicyclic) bond motifs is 1. The summed E-state index contributed by atoms with van der Waals surface area (Å²) in [6, 6.07) is 18.4. The molecule has 20 heavy (non-hydrogen) atoms. The van der Waals surface area contributed by atoms with E-state index in [1.54, 1.807) is 0 Å². The number of hydroxylamine groups is 1. The van der Waals surface area contributed by atoms with Crippen molar-refractivity contribution < 1.29 is 4.84 Å². The van der Waals surface area contributed by atoms with Gasteiger partial charge in [-0.05, 0) is 22.6 Å². The predicted molar refractivity (Wildman–Crippen MR) is 79.8 cm³/mol. The molecule has 100 valence electrons. The van der Waals surface area contributed by atoms with Crippen LogP contribution < -0.4 is 5.48 Å². The van der Waals surface area contributed by atoms with Crippen molar-refractivity contribution in [2.75, 3.05) is 0 Å². The lowest BCUT2D eigenvalue weighted by Crippen LogP contribution is -2.14. The molecule has 2 aromatic carbocycles. The molecule has 1 heterocycles. The van der Waals surface area contributed by atoms with Gasteiger partial charge in [-0.3, -0.25) is 9.82 Å². The molecule has 1 N–H and O–H groups in total. The van der Waals surface area contributed by atoms with Gasteiger partial charge in [-0.2, -0.15) is 5.48 Å². The SMILES string of the molecule is c1ccc(CONCc2cccc3cnccc23)cc1. The maximum absolute atomic E-state index is 5.51. The van der Waals surface area contributed by atoms with E-state index in [2.05, 4.69) is 22.6 Å². The van der Waals surface area contributed by atoms with Gasteiger partial charge >= 0.3 is 0 Å². The molecule has 0 aliphatic heterocycles. The third-order valence-corrected chi connectivity index (χ3v) is 3.22. The molecule has 0 unspecified atom stereocenters. The minimum atomic E-state index is 0.563. The minimum Gasteiger partial charge on any atom is -0.297 e. The largest absolute Gasteiger partial charge is 0.297 e. The van der Waals surface area contributed by atoms with E-state index in [0.717, 1.165) is 10.9 Å². The van der Waals surface area contributed by atoms with Crippen LogP contribution in [0.3, 0.4) is 0 Å². The van der Waals surface area contributed by atoms with E-state index in [0.29, 0.717) is 13.2 Å². The smallest absolute Gasteiger partial charge is 0.0933 e. The quantitative estimate of drug-likeness (QED) is 0.566. The number of hydrogen-bond acceptors (Lipinski definition) is 3. The summed E-state index contributed by atoms with van der Waals surface area (Å²) in [7, 11) is 0. The van der Waals surface area contributed by atoms with Gasteiger partial charge in [0.05, 0.1) is 6.61 Å². The Labute approximate surface area is 118 Å². The summed E-state index contributed by atoms with van der Waals surface area (Å²) in [6.45, 7) is 1.24. The van der Waals surface area contributed by atoms with E-state index in [4.69, 9.17) is 4.84 Å². The molecule has 0 atom stereocenters. The number of benzene rings is 2. The molecule has 0 aliphatic carbocycles. The maximum Gasteiger partial charge on any atom is 0.0933 e. The highest BCUT2D eigenvalue weighted by Crippen LogP contribution is 2.17. The minimum absolute atomic E-state index is 0.563. The monoisotopic (exact) mass is 264 g/mol. The summed E-state index contributed by atoms with van der Waals surface area (Å²) in [5, 5.41) is 2.35. The van der Waals surface area contributed by atoms with Crippen molar-refractivity contribution in [2.24, 2.45) is 0 Å². The Kier molecular flexibility index (Phi) is 4.01. The van der Waals surface area contributed by atoms with E-state index in [9.17, 15) is 0 Å². The molecule has 0 saturated heterocycles. The third kappa shape index (κ3) is 3.02. The number of nitrogens with one attached hydrogen (secondary N) is 1. The first-order valence-electron chi connectivity index (χ1n) is 6.64. The Balaban J connectivity index is 1.60. The highest BCUT2D eigenvalue weighted by atomic mass is 16.6. The first-order valence-corrected chi connectivity index (χ1v) is 6.64. The van der Waals surface area contributed by atoms with Gasteiger partial charge in [0.15, 0.2) is 0 Å². The second-order valence-corrected chi connectivity index (χ2v) is 4.61. The van der Waals surface area contributed by atoms with Gasteiger partial charge in [0, 0.05) is 24.3 Å². The predicted octanol–water partition coefficient (Wildman–Crippen LogP) is 3.46. The molecular formula is C17H16N2O. The van der Waals surface area contributed by atoms with Crippen LogP contribution in [0.5, 0.6) is 0 Å². The van der Waals surface area contributed by atoms with Crippen LogP contribution in [0.4, 0.5) is 0 Å². The summed E-state index contributed by atoms with van der Waals surface area (Å²) in [5.41, 5.74) is 5.38. The molecule has 3 nitrogen and oxygen atoms in total. The summed E-state index contributed by atoms with van der Waals surface area (Å²) < 4.78 is 0. The zero-order valence-corrected chi connectivity index (χ0v) is 11.1. The van der Waals surface area contributed by atoms with Gasteiger partial charge in [-0.1, -0.05) is 48.5 Å². The molecule has 1 aromatic heterocycles. The summed E-state index contributed by atoms with van der Waals surface area (Å²) in [5.74, 6) is 0. The van der Waals surface area contributed by atoms with Gasteiger partial charge in [0.25, 0.3) is 0 Å². The summed E-state index contributed by atoms with van der Waals surface area (Å²) >= 11 is 0. The molecule has 0 bridgehead atoms. The van der Waals surface area contributed by atoms with E-state index in [1.807, 2.05) is 54.9 Å². The molecule has 0 saturated carbocycles. The van der Waals surface area contributed by atoms with Crippen molar-refractivity contribution in [3.63, 3.8) is 0 Å². The van der Waals surface area contributed by atoms with Gasteiger partial charge in [-0.15, -0.1) is 0 Å². The molecule has 0 spiro atoms. The van der Waals surface area contributed by atoms with Gasteiger partial charge < -0.3 is 0 Å². The Morgan fingerprint density at radius 2 is 1.85 bits per heavy atom. The van der Waals surface area contributed by atoms with Crippen LogP contribution in [0.15, 0.2) is 67.0 Å². The number of hydrogen-bond donors (Lipinski definition) is 1. The Morgan fingerprint density at radius 1 is 0.950 bits per heavy atom. The van der Waals surface area contributed by atoms with Crippen LogP contribution in [0, 0.1) is 0 Å². The number of rotatable bonds is 5. The van der Waals surface area contributed by atoms with Gasteiger partial charge in [-0.25, -0.2) is 0 Å². The Morgan fingerprint density at radius 3 is 2.75 bits per heavy atom. The zero-order valence-electron chi connectivity index (χ0n) is 11.1. The summed E-state index contributed by atoms with van der Waals surface area (Å²) in [4.78, 5) is 9.65. The van der Waals surface area contributed by atoms with Gasteiger partial charge in [0.1, 0.15) is 0 Å². The number of aromatic nitrogens is 1. The lowest BCUT2D eigenvalue weighted by molar-refractivity contribution is 0.0237. The van der Waals surface area contributed by atoms with E-state index >= 15 is 0 Å². The van der Waals surface area contributed by atoms with Crippen LogP contribution >= 0.6 is 0 Å². The van der Waals surface area contributed by atoms with Crippen LogP contribution in [0.25, 0.3) is 10.8 Å². The molecular weight excluding hydrogens is 248 g/mol. The highest BCUT2D eigenvalue weighted by Gasteiger charge is 2.00. The molecule has 3 aromatic rings. The van der Waals surface area contributed by atoms with Crippen LogP contribution in [-0.2, 0) is 18.0 Å². The fourth-order valence-electron chi connectivity index (χ4n) is 2.18. The second-order valence-electron chi connectivity index (χ2n) is 4.61. The zero-order chi connectivity index (χ0) is 13.6. The standard InChI is InChI=1S/C17H16N2O/c1-2-5-14(6-3-1)13-20-19-12-16-8-4-7-15-11-18-10-9-17(15)16/h1-11,19H,12-13H2. The lowest BCUT2D eigenvalue weighted by atomic mass is 10.1. The fraction of sp³-hybridized carbons (Fsp3) is 0.118. The van der Waals surface area contributed by atoms with Crippen LogP contribution in [-0.4, -0.2) is 4.98 Å². The molecule has 0 fully saturated rings. The molecule has 0 aliphatic rings. The third-order valence-electron chi connectivity index (χ3n) is 3.22. The van der Waals surface area contributed by atoms with E-state index in [-0.39, 0.29) is 0 Å². The molecule has 3 rings (SSSR count). The van der Waals surface area contributed by atoms with E-state index < -0.39 is 0 Å². The van der Waals surface area contributed by atoms with Gasteiger partial charge in [0.2, 0.25) is 0 Å². The summed E-state index contributed by atoms with van der Waals surface area (Å²) in [6.07, 6.45) is 3.69. The van der Waals surface area contributed by atoms with Crippen LogP contribution in [0.1, 0.15) is 11.1 Å². The van der Waals surface area contributed by atoms with Crippen molar-refractivity contribution in [1.29, 1.82) is 0 Å². The van der Waals surface area contributed by atoms with Crippen LogP contribution in [0.2, 0.25) is 0 Å². The molecule has 3 heteroatoms. The van der Waals surface area contributed by atoms with E-state index in [1.165, 1.54) is 10.9 Å². The highest BCUT2D eigenvalue weighted by molar-refractivity contribution is 5.84. The second kappa shape index (κ2) is 6.28. The van der Waals surface area contributed by atoms with Crippen molar-refractivity contribution >= 4 is 10.8 Å².